The van der Waals surface area contributed by atoms with Gasteiger partial charge < -0.3 is 0 Å². The van der Waals surface area contributed by atoms with Crippen molar-refractivity contribution in [1.82, 2.24) is 0 Å². The molecule has 0 aliphatic heterocycles. The first-order chi connectivity index (χ1) is 5.95. The van der Waals surface area contributed by atoms with Crippen LogP contribution in [0.5, 0.6) is 0 Å². The predicted molar refractivity (Wildman–Crippen MR) is 40.7 cm³/mol. The minimum atomic E-state index is -1.48. The lowest BCUT2D eigenvalue weighted by molar-refractivity contribution is -0.387. The third kappa shape index (κ3) is 1.64. The van der Waals surface area contributed by atoms with E-state index in [2.05, 4.69) is 15.9 Å². The van der Waals surface area contributed by atoms with Crippen LogP contribution in [-0.2, 0) is 0 Å². The van der Waals surface area contributed by atoms with Crippen LogP contribution in [0.15, 0.2) is 10.5 Å². The number of hydrogen-bond donors (Lipinski definition) is 0. The molecule has 0 aliphatic rings. The summed E-state index contributed by atoms with van der Waals surface area (Å²) >= 11 is 2.35. The highest BCUT2D eigenvalue weighted by Crippen LogP contribution is 2.29. The maximum atomic E-state index is 12.8. The second kappa shape index (κ2) is 3.33. The summed E-state index contributed by atoms with van der Waals surface area (Å²) in [6, 6.07) is 0.190. The predicted octanol–water partition coefficient (Wildman–Crippen LogP) is 2.77. The van der Waals surface area contributed by atoms with Crippen LogP contribution in [0.3, 0.4) is 0 Å². The molecule has 0 aliphatic carbocycles. The molecule has 1 rings (SSSR count). The molecule has 0 fully saturated rings. The Morgan fingerprint density at radius 1 is 1.31 bits per heavy atom. The maximum Gasteiger partial charge on any atom is 0.309 e. The molecule has 13 heavy (non-hydrogen) atoms. The Hall–Kier alpha value is -1.11. The van der Waals surface area contributed by atoms with Gasteiger partial charge in [-0.05, 0) is 15.9 Å². The van der Waals surface area contributed by atoms with E-state index in [0.717, 1.165) is 0 Å². The largest absolute Gasteiger partial charge is 0.309 e. The Bertz CT molecular complexity index is 383. The zero-order valence-corrected chi connectivity index (χ0v) is 7.44. The van der Waals surface area contributed by atoms with Crippen LogP contribution in [0, 0.1) is 27.6 Å². The fourth-order valence-corrected chi connectivity index (χ4v) is 1.09. The van der Waals surface area contributed by atoms with Crippen LogP contribution in [0.4, 0.5) is 18.9 Å². The minimum absolute atomic E-state index is 0.190. The molecule has 0 amide bonds. The van der Waals surface area contributed by atoms with E-state index < -0.39 is 32.5 Å². The van der Waals surface area contributed by atoms with Crippen LogP contribution >= 0.6 is 15.9 Å². The average molecular weight is 256 g/mol. The second-order valence-corrected chi connectivity index (χ2v) is 2.87. The summed E-state index contributed by atoms with van der Waals surface area (Å²) < 4.78 is 37.0. The van der Waals surface area contributed by atoms with E-state index >= 15 is 0 Å². The molecule has 0 bridgehead atoms. The van der Waals surface area contributed by atoms with Gasteiger partial charge in [-0.1, -0.05) is 0 Å². The van der Waals surface area contributed by atoms with Gasteiger partial charge in [-0.25, -0.2) is 8.78 Å². The van der Waals surface area contributed by atoms with Crippen molar-refractivity contribution in [3.8, 4) is 0 Å². The normalized spacial score (nSPS) is 10.2. The highest BCUT2D eigenvalue weighted by Gasteiger charge is 2.23. The van der Waals surface area contributed by atoms with Crippen molar-refractivity contribution in [2.45, 2.75) is 0 Å². The first-order valence-corrected chi connectivity index (χ1v) is 3.72. The topological polar surface area (TPSA) is 43.1 Å². The molecule has 1 aromatic carbocycles. The molecular weight excluding hydrogens is 255 g/mol. The Kier molecular flexibility index (Phi) is 2.55. The van der Waals surface area contributed by atoms with Gasteiger partial charge in [0.25, 0.3) is 0 Å². The molecule has 1 aromatic rings. The van der Waals surface area contributed by atoms with Crippen LogP contribution in [-0.4, -0.2) is 4.92 Å². The summed E-state index contributed by atoms with van der Waals surface area (Å²) in [4.78, 5) is 8.96. The van der Waals surface area contributed by atoms with E-state index in [4.69, 9.17) is 0 Å². The Morgan fingerprint density at radius 3 is 2.31 bits per heavy atom. The number of nitro benzene ring substituents is 1. The molecule has 0 N–H and O–H groups in total. The minimum Gasteiger partial charge on any atom is -0.258 e. The quantitative estimate of drug-likeness (QED) is 0.335. The smallest absolute Gasteiger partial charge is 0.258 e. The van der Waals surface area contributed by atoms with Crippen molar-refractivity contribution < 1.29 is 18.1 Å². The molecule has 0 aromatic heterocycles. The van der Waals surface area contributed by atoms with Crippen molar-refractivity contribution in [2.24, 2.45) is 0 Å². The number of hydrogen-bond acceptors (Lipinski definition) is 2. The van der Waals surface area contributed by atoms with E-state index in [1.165, 1.54) is 0 Å². The van der Waals surface area contributed by atoms with Gasteiger partial charge in [0, 0.05) is 0 Å². The van der Waals surface area contributed by atoms with Crippen molar-refractivity contribution in [1.29, 1.82) is 0 Å². The van der Waals surface area contributed by atoms with Gasteiger partial charge in [-0.15, -0.1) is 0 Å². The van der Waals surface area contributed by atoms with Crippen molar-refractivity contribution in [3.05, 3.63) is 38.1 Å². The Labute approximate surface area is 78.4 Å². The summed E-state index contributed by atoms with van der Waals surface area (Å²) in [5, 5.41) is 10.1. The first-order valence-electron chi connectivity index (χ1n) is 2.92. The summed E-state index contributed by atoms with van der Waals surface area (Å²) in [5.41, 5.74) is -1.11. The van der Waals surface area contributed by atoms with Gasteiger partial charge in [-0.3, -0.25) is 10.1 Å². The third-order valence-electron chi connectivity index (χ3n) is 1.28. The summed E-state index contributed by atoms with van der Waals surface area (Å²) in [7, 11) is 0. The lowest BCUT2D eigenvalue weighted by Crippen LogP contribution is -1.98. The lowest BCUT2D eigenvalue weighted by atomic mass is 10.3. The average Bonchev–Trinajstić information content (AvgIpc) is 2.07. The van der Waals surface area contributed by atoms with Crippen molar-refractivity contribution in [2.75, 3.05) is 0 Å². The second-order valence-electron chi connectivity index (χ2n) is 2.08. The molecule has 70 valence electrons. The SMILES string of the molecule is O=[N+]([O-])c1cc(F)c(F)c(Br)c1F. The molecule has 3 nitrogen and oxygen atoms in total. The van der Waals surface area contributed by atoms with Crippen LogP contribution < -0.4 is 0 Å². The van der Waals surface area contributed by atoms with E-state index in [9.17, 15) is 23.3 Å². The summed E-state index contributed by atoms with van der Waals surface area (Å²) in [6.45, 7) is 0. The highest BCUT2D eigenvalue weighted by atomic mass is 79.9. The Morgan fingerprint density at radius 2 is 1.85 bits per heavy atom. The highest BCUT2D eigenvalue weighted by molar-refractivity contribution is 9.10. The molecule has 7 heteroatoms. The van der Waals surface area contributed by atoms with Crippen molar-refractivity contribution >= 4 is 21.6 Å². The number of nitro groups is 1. The maximum absolute atomic E-state index is 12.8. The molecule has 0 atom stereocenters. The number of rotatable bonds is 1. The fourth-order valence-electron chi connectivity index (χ4n) is 0.693. The molecule has 0 unspecified atom stereocenters. The van der Waals surface area contributed by atoms with Crippen LogP contribution in [0.1, 0.15) is 0 Å². The van der Waals surface area contributed by atoms with Gasteiger partial charge in [0.2, 0.25) is 5.82 Å². The van der Waals surface area contributed by atoms with Gasteiger partial charge in [0.05, 0.1) is 15.5 Å². The third-order valence-corrected chi connectivity index (χ3v) is 1.98. The first kappa shape index (κ1) is 9.97. The van der Waals surface area contributed by atoms with E-state index in [-0.39, 0.29) is 6.07 Å². The van der Waals surface area contributed by atoms with Crippen molar-refractivity contribution in [3.63, 3.8) is 0 Å². The van der Waals surface area contributed by atoms with Gasteiger partial charge in [0.1, 0.15) is 0 Å². The zero-order valence-electron chi connectivity index (χ0n) is 5.85. The molecule has 0 radical (unpaired) electrons. The Balaban J connectivity index is 3.50. The van der Waals surface area contributed by atoms with E-state index in [1.54, 1.807) is 0 Å². The van der Waals surface area contributed by atoms with Gasteiger partial charge in [0.15, 0.2) is 11.6 Å². The monoisotopic (exact) mass is 255 g/mol. The number of nitrogens with zero attached hydrogens (tertiary/aromatic N) is 1. The van der Waals surface area contributed by atoms with Gasteiger partial charge >= 0.3 is 5.69 Å². The standard InChI is InChI=1S/C6HBrF3NO2/c7-4-5(9)2(8)1-3(6(4)10)11(12)13/h1H. The molecular formula is C6HBrF3NO2. The van der Waals surface area contributed by atoms with Crippen LogP contribution in [0.25, 0.3) is 0 Å². The fraction of sp³-hybridized carbons (Fsp3) is 0. The number of halogens is 4. The van der Waals surface area contributed by atoms with E-state index in [1.807, 2.05) is 0 Å². The summed E-state index contributed by atoms with van der Waals surface area (Å²) in [5.74, 6) is -4.38. The zero-order chi connectivity index (χ0) is 10.2. The molecule has 0 saturated heterocycles. The molecule has 0 heterocycles. The summed E-state index contributed by atoms with van der Waals surface area (Å²) in [6.07, 6.45) is 0. The molecule has 0 spiro atoms. The lowest BCUT2D eigenvalue weighted by Gasteiger charge is -1.98. The number of benzene rings is 1. The van der Waals surface area contributed by atoms with Crippen LogP contribution in [0.2, 0.25) is 0 Å². The van der Waals surface area contributed by atoms with Gasteiger partial charge in [-0.2, -0.15) is 4.39 Å². The molecule has 0 saturated carbocycles. The van der Waals surface area contributed by atoms with E-state index in [0.29, 0.717) is 0 Å².